The second kappa shape index (κ2) is 7.97. The van der Waals surface area contributed by atoms with Crippen molar-refractivity contribution >= 4 is 28.8 Å². The maximum atomic E-state index is 12.0. The number of rotatable bonds is 2. The summed E-state index contributed by atoms with van der Waals surface area (Å²) in [6.07, 6.45) is 5.80. The molecule has 0 aliphatic carbocycles. The van der Waals surface area contributed by atoms with Crippen LogP contribution < -0.4 is 11.5 Å². The Bertz CT molecular complexity index is 319. The number of hydrogen-bond donors (Lipinski definition) is 3. The van der Waals surface area contributed by atoms with Crippen LogP contribution >= 0.6 is 11.8 Å². The maximum absolute atomic E-state index is 12.0. The first-order valence-corrected chi connectivity index (χ1v) is 7.17. The van der Waals surface area contributed by atoms with Crippen molar-refractivity contribution in [1.82, 2.24) is 4.90 Å². The molecule has 7 heteroatoms. The van der Waals surface area contributed by atoms with Gasteiger partial charge in [-0.25, -0.2) is 0 Å². The Labute approximate surface area is 112 Å². The molecule has 0 atom stereocenters. The fourth-order valence-electron chi connectivity index (χ4n) is 1.87. The number of thioether (sulfide) groups is 1. The molecular formula is C11H21N5OS. The molecule has 0 spiro atoms. The number of nitrogens with two attached hydrogens (primary N) is 2. The van der Waals surface area contributed by atoms with Crippen molar-refractivity contribution in [3.05, 3.63) is 0 Å². The smallest absolute Gasteiger partial charge is 0.233 e. The summed E-state index contributed by atoms with van der Waals surface area (Å²) in [5.41, 5.74) is 10.3. The van der Waals surface area contributed by atoms with Crippen molar-refractivity contribution in [2.75, 3.05) is 18.8 Å². The molecule has 0 aromatic heterocycles. The van der Waals surface area contributed by atoms with Crippen molar-refractivity contribution in [2.24, 2.45) is 16.5 Å². The largest absolute Gasteiger partial charge is 0.370 e. The van der Waals surface area contributed by atoms with Crippen LogP contribution in [-0.2, 0) is 4.79 Å². The van der Waals surface area contributed by atoms with Gasteiger partial charge in [-0.3, -0.25) is 10.2 Å². The minimum Gasteiger partial charge on any atom is -0.370 e. The highest BCUT2D eigenvalue weighted by atomic mass is 32.2. The van der Waals surface area contributed by atoms with E-state index in [1.54, 1.807) is 0 Å². The molecule has 0 aromatic rings. The zero-order valence-electron chi connectivity index (χ0n) is 10.5. The number of guanidine groups is 1. The molecule has 0 unspecified atom stereocenters. The van der Waals surface area contributed by atoms with Gasteiger partial charge in [-0.05, 0) is 12.8 Å². The van der Waals surface area contributed by atoms with Crippen molar-refractivity contribution in [2.45, 2.75) is 32.1 Å². The third kappa shape index (κ3) is 5.90. The molecule has 1 fully saturated rings. The monoisotopic (exact) mass is 271 g/mol. The first-order valence-electron chi connectivity index (χ1n) is 6.18. The number of carbonyl (C=O) groups excluding carboxylic acids is 1. The molecule has 0 saturated carbocycles. The molecule has 1 saturated heterocycles. The second-order valence-corrected chi connectivity index (χ2v) is 5.24. The number of nitrogens with one attached hydrogen (secondary N) is 1. The minimum atomic E-state index is -0.147. The van der Waals surface area contributed by atoms with Gasteiger partial charge < -0.3 is 16.4 Å². The lowest BCUT2D eigenvalue weighted by molar-refractivity contribution is -0.128. The Morgan fingerprint density at radius 3 is 2.28 bits per heavy atom. The molecule has 6 nitrogen and oxygen atoms in total. The van der Waals surface area contributed by atoms with Crippen LogP contribution in [0.5, 0.6) is 0 Å². The molecule has 5 N–H and O–H groups in total. The number of likely N-dealkylation sites (tertiary alicyclic amines) is 1. The number of amidine groups is 1. The Balaban J connectivity index is 2.34. The fourth-order valence-corrected chi connectivity index (χ4v) is 2.48. The number of hydrogen-bond acceptors (Lipinski definition) is 3. The molecule has 0 radical (unpaired) electrons. The number of carbonyl (C=O) groups is 1. The van der Waals surface area contributed by atoms with Gasteiger partial charge in [0.2, 0.25) is 5.91 Å². The Hall–Kier alpha value is -1.24. The highest BCUT2D eigenvalue weighted by Crippen LogP contribution is 2.12. The third-order valence-electron chi connectivity index (χ3n) is 2.77. The molecule has 1 heterocycles. The summed E-state index contributed by atoms with van der Waals surface area (Å²) in [4.78, 5) is 17.4. The highest BCUT2D eigenvalue weighted by molar-refractivity contribution is 8.14. The van der Waals surface area contributed by atoms with Crippen LogP contribution in [0.25, 0.3) is 0 Å². The predicted octanol–water partition coefficient (Wildman–Crippen LogP) is 0.720. The lowest BCUT2D eigenvalue weighted by Gasteiger charge is -2.24. The van der Waals surface area contributed by atoms with Gasteiger partial charge in [0.15, 0.2) is 11.1 Å². The summed E-state index contributed by atoms with van der Waals surface area (Å²) in [7, 11) is 0. The van der Waals surface area contributed by atoms with Crippen molar-refractivity contribution < 1.29 is 4.79 Å². The van der Waals surface area contributed by atoms with Gasteiger partial charge in [0, 0.05) is 13.1 Å². The molecule has 0 aromatic carbocycles. The van der Waals surface area contributed by atoms with Gasteiger partial charge in [-0.15, -0.1) is 0 Å². The average Bonchev–Trinajstić information content (AvgIpc) is 2.24. The van der Waals surface area contributed by atoms with E-state index in [9.17, 15) is 4.79 Å². The molecule has 1 aliphatic heterocycles. The van der Waals surface area contributed by atoms with Crippen LogP contribution in [0, 0.1) is 5.41 Å². The lowest BCUT2D eigenvalue weighted by atomic mass is 10.1. The Morgan fingerprint density at radius 2 is 1.72 bits per heavy atom. The average molecular weight is 271 g/mol. The third-order valence-corrected chi connectivity index (χ3v) is 3.53. The fraction of sp³-hybridized carbons (Fsp3) is 0.727. The van der Waals surface area contributed by atoms with E-state index in [1.165, 1.54) is 19.3 Å². The van der Waals surface area contributed by atoms with Gasteiger partial charge in [0.05, 0.1) is 5.75 Å². The van der Waals surface area contributed by atoms with E-state index in [0.29, 0.717) is 0 Å². The minimum absolute atomic E-state index is 0.0182. The summed E-state index contributed by atoms with van der Waals surface area (Å²) in [5.74, 6) is 0.152. The van der Waals surface area contributed by atoms with Crippen LogP contribution in [0.1, 0.15) is 32.1 Å². The van der Waals surface area contributed by atoms with E-state index in [1.807, 2.05) is 4.90 Å². The molecule has 1 aliphatic rings. The first-order chi connectivity index (χ1) is 8.59. The maximum Gasteiger partial charge on any atom is 0.233 e. The first kappa shape index (κ1) is 14.8. The summed E-state index contributed by atoms with van der Waals surface area (Å²) in [6.45, 7) is 1.66. The van der Waals surface area contributed by atoms with E-state index in [4.69, 9.17) is 16.9 Å². The summed E-state index contributed by atoms with van der Waals surface area (Å²) in [5, 5.41) is 7.43. The van der Waals surface area contributed by atoms with E-state index in [0.717, 1.165) is 37.7 Å². The van der Waals surface area contributed by atoms with Crippen LogP contribution in [0.15, 0.2) is 4.99 Å². The van der Waals surface area contributed by atoms with Crippen LogP contribution in [0.3, 0.4) is 0 Å². The van der Waals surface area contributed by atoms with E-state index in [2.05, 4.69) is 4.99 Å². The quantitative estimate of drug-likeness (QED) is 0.508. The summed E-state index contributed by atoms with van der Waals surface area (Å²) < 4.78 is 0. The normalized spacial score (nSPS) is 16.6. The van der Waals surface area contributed by atoms with Gasteiger partial charge >= 0.3 is 0 Å². The Kier molecular flexibility index (Phi) is 6.56. The second-order valence-electron chi connectivity index (χ2n) is 4.28. The summed E-state index contributed by atoms with van der Waals surface area (Å²) in [6, 6.07) is 0. The van der Waals surface area contributed by atoms with E-state index < -0.39 is 0 Å². The van der Waals surface area contributed by atoms with Crippen LogP contribution in [0.4, 0.5) is 0 Å². The van der Waals surface area contributed by atoms with Gasteiger partial charge in [-0.2, -0.15) is 4.99 Å². The summed E-state index contributed by atoms with van der Waals surface area (Å²) >= 11 is 1.06. The van der Waals surface area contributed by atoms with Gasteiger partial charge in [0.25, 0.3) is 0 Å². The highest BCUT2D eigenvalue weighted by Gasteiger charge is 2.15. The Morgan fingerprint density at radius 1 is 1.17 bits per heavy atom. The van der Waals surface area contributed by atoms with Crippen LogP contribution in [0.2, 0.25) is 0 Å². The molecular weight excluding hydrogens is 250 g/mol. The van der Waals surface area contributed by atoms with Crippen molar-refractivity contribution in [1.29, 1.82) is 5.41 Å². The van der Waals surface area contributed by atoms with E-state index in [-0.39, 0.29) is 22.8 Å². The van der Waals surface area contributed by atoms with Crippen LogP contribution in [-0.4, -0.2) is 40.8 Å². The standard InChI is InChI=1S/C11H21N5OS/c12-10(13)15-11(14)18-8-9(17)16-6-4-2-1-3-5-7-16/h1-8H2,(H5,12,13,14,15). The molecule has 18 heavy (non-hydrogen) atoms. The SMILES string of the molecule is N=C(N=C(N)N)SCC(=O)N1CCCCCCC1. The predicted molar refractivity (Wildman–Crippen MR) is 75.7 cm³/mol. The zero-order valence-corrected chi connectivity index (χ0v) is 11.3. The number of nitrogens with zero attached hydrogens (tertiary/aromatic N) is 2. The van der Waals surface area contributed by atoms with E-state index >= 15 is 0 Å². The van der Waals surface area contributed by atoms with Gasteiger partial charge in [-0.1, -0.05) is 31.0 Å². The topological polar surface area (TPSA) is 109 Å². The number of aliphatic imine (C=N–C) groups is 1. The molecule has 0 bridgehead atoms. The van der Waals surface area contributed by atoms with Gasteiger partial charge in [0.1, 0.15) is 0 Å². The molecule has 1 amide bonds. The lowest BCUT2D eigenvalue weighted by Crippen LogP contribution is -2.35. The van der Waals surface area contributed by atoms with Crippen molar-refractivity contribution in [3.63, 3.8) is 0 Å². The number of amides is 1. The molecule has 102 valence electrons. The zero-order chi connectivity index (χ0) is 13.4. The van der Waals surface area contributed by atoms with Crippen molar-refractivity contribution in [3.8, 4) is 0 Å². The molecule has 1 rings (SSSR count).